The van der Waals surface area contributed by atoms with Gasteiger partial charge < -0.3 is 9.15 Å². The molecule has 26 heavy (non-hydrogen) atoms. The van der Waals surface area contributed by atoms with Crippen LogP contribution in [0.3, 0.4) is 0 Å². The number of carbonyl (C=O) groups excluding carboxylic acids is 2. The van der Waals surface area contributed by atoms with Gasteiger partial charge in [-0.05, 0) is 48.6 Å². The maximum atomic E-state index is 13.7. The first-order chi connectivity index (χ1) is 12.5. The van der Waals surface area contributed by atoms with Crippen LogP contribution in [0.1, 0.15) is 26.5 Å². The molecule has 6 heteroatoms. The van der Waals surface area contributed by atoms with Gasteiger partial charge in [0.05, 0.1) is 11.8 Å². The van der Waals surface area contributed by atoms with Crippen molar-refractivity contribution in [1.82, 2.24) is 0 Å². The molecule has 130 valence electrons. The molecule has 0 aliphatic rings. The van der Waals surface area contributed by atoms with Crippen molar-refractivity contribution in [2.45, 2.75) is 0 Å². The first kappa shape index (κ1) is 17.6. The Balaban J connectivity index is 1.86. The van der Waals surface area contributed by atoms with Crippen LogP contribution in [0.15, 0.2) is 71.4 Å². The molecule has 0 bridgehead atoms. The molecular weight excluding hydrogens is 359 g/mol. The second-order valence-corrected chi connectivity index (χ2v) is 5.66. The summed E-state index contributed by atoms with van der Waals surface area (Å²) >= 11 is 5.94. The van der Waals surface area contributed by atoms with Gasteiger partial charge in [-0.2, -0.15) is 0 Å². The second-order valence-electron chi connectivity index (χ2n) is 5.23. The molecular formula is C20H12ClFO4. The maximum absolute atomic E-state index is 13.7. The molecule has 1 aromatic heterocycles. The number of hydrogen-bond donors (Lipinski definition) is 0. The van der Waals surface area contributed by atoms with Crippen LogP contribution in [0, 0.1) is 5.82 Å². The van der Waals surface area contributed by atoms with Crippen LogP contribution in [-0.4, -0.2) is 11.8 Å². The van der Waals surface area contributed by atoms with Crippen molar-refractivity contribution < 1.29 is 23.1 Å². The number of esters is 1. The van der Waals surface area contributed by atoms with Crippen molar-refractivity contribution >= 4 is 29.4 Å². The van der Waals surface area contributed by atoms with Crippen LogP contribution in [-0.2, 0) is 0 Å². The zero-order valence-electron chi connectivity index (χ0n) is 13.3. The van der Waals surface area contributed by atoms with Gasteiger partial charge in [-0.1, -0.05) is 29.8 Å². The fraction of sp³-hybridized carbons (Fsp3) is 0. The van der Waals surface area contributed by atoms with E-state index in [9.17, 15) is 14.0 Å². The standard InChI is InChI=1S/C20H12ClFO4/c21-14-8-10-18(26-20(24)19-6-3-11-25-19)15(12-14)17(23)9-7-13-4-1-2-5-16(13)22/h1-12H/b9-7+. The van der Waals surface area contributed by atoms with Gasteiger partial charge in [0, 0.05) is 10.6 Å². The monoisotopic (exact) mass is 370 g/mol. The molecule has 0 saturated carbocycles. The summed E-state index contributed by atoms with van der Waals surface area (Å²) < 4.78 is 23.8. The van der Waals surface area contributed by atoms with Gasteiger partial charge in [0.2, 0.25) is 5.76 Å². The Morgan fingerprint density at radius 1 is 1.08 bits per heavy atom. The van der Waals surface area contributed by atoms with E-state index in [1.807, 2.05) is 0 Å². The highest BCUT2D eigenvalue weighted by molar-refractivity contribution is 6.31. The lowest BCUT2D eigenvalue weighted by atomic mass is 10.1. The van der Waals surface area contributed by atoms with Crippen LogP contribution in [0.2, 0.25) is 5.02 Å². The molecule has 0 fully saturated rings. The molecule has 0 saturated heterocycles. The number of allylic oxidation sites excluding steroid dienone is 1. The zero-order chi connectivity index (χ0) is 18.5. The first-order valence-corrected chi connectivity index (χ1v) is 7.94. The van der Waals surface area contributed by atoms with E-state index in [-0.39, 0.29) is 22.6 Å². The minimum Gasteiger partial charge on any atom is -0.457 e. The number of ether oxygens (including phenoxy) is 1. The Morgan fingerprint density at radius 3 is 2.62 bits per heavy atom. The van der Waals surface area contributed by atoms with E-state index in [2.05, 4.69) is 0 Å². The number of ketones is 1. The highest BCUT2D eigenvalue weighted by Crippen LogP contribution is 2.25. The van der Waals surface area contributed by atoms with Crippen molar-refractivity contribution in [2.24, 2.45) is 0 Å². The molecule has 0 atom stereocenters. The molecule has 0 amide bonds. The topological polar surface area (TPSA) is 56.5 Å². The zero-order valence-corrected chi connectivity index (χ0v) is 14.1. The van der Waals surface area contributed by atoms with Crippen molar-refractivity contribution in [3.8, 4) is 5.75 Å². The van der Waals surface area contributed by atoms with Gasteiger partial charge in [-0.25, -0.2) is 9.18 Å². The minimum absolute atomic E-state index is 0.000229. The maximum Gasteiger partial charge on any atom is 0.379 e. The third kappa shape index (κ3) is 4.07. The fourth-order valence-electron chi connectivity index (χ4n) is 2.19. The van der Waals surface area contributed by atoms with E-state index < -0.39 is 17.6 Å². The van der Waals surface area contributed by atoms with Crippen LogP contribution in [0.4, 0.5) is 4.39 Å². The van der Waals surface area contributed by atoms with Crippen molar-refractivity contribution in [2.75, 3.05) is 0 Å². The fourth-order valence-corrected chi connectivity index (χ4v) is 2.37. The molecule has 2 aromatic carbocycles. The summed E-state index contributed by atoms with van der Waals surface area (Å²) in [5.74, 6) is -1.66. The summed E-state index contributed by atoms with van der Waals surface area (Å²) in [5, 5.41) is 0.297. The van der Waals surface area contributed by atoms with Gasteiger partial charge >= 0.3 is 5.97 Å². The predicted octanol–water partition coefficient (Wildman–Crippen LogP) is 5.19. The van der Waals surface area contributed by atoms with Crippen molar-refractivity contribution in [3.05, 3.63) is 94.7 Å². The Morgan fingerprint density at radius 2 is 1.88 bits per heavy atom. The van der Waals surface area contributed by atoms with Crippen LogP contribution >= 0.6 is 11.6 Å². The number of carbonyl (C=O) groups is 2. The third-order valence-electron chi connectivity index (χ3n) is 3.45. The van der Waals surface area contributed by atoms with E-state index in [0.29, 0.717) is 5.02 Å². The molecule has 0 aliphatic carbocycles. The number of furan rings is 1. The lowest BCUT2D eigenvalue weighted by molar-refractivity contribution is 0.0700. The minimum atomic E-state index is -0.746. The van der Waals surface area contributed by atoms with Crippen LogP contribution in [0.5, 0.6) is 5.75 Å². The molecule has 1 heterocycles. The molecule has 3 aromatic rings. The van der Waals surface area contributed by atoms with Crippen molar-refractivity contribution in [1.29, 1.82) is 0 Å². The molecule has 0 aliphatic heterocycles. The third-order valence-corrected chi connectivity index (χ3v) is 3.69. The summed E-state index contributed by atoms with van der Waals surface area (Å²) in [4.78, 5) is 24.5. The summed E-state index contributed by atoms with van der Waals surface area (Å²) in [6.45, 7) is 0. The normalized spacial score (nSPS) is 10.8. The smallest absolute Gasteiger partial charge is 0.379 e. The van der Waals surface area contributed by atoms with Crippen LogP contribution < -0.4 is 4.74 Å². The highest BCUT2D eigenvalue weighted by atomic mass is 35.5. The van der Waals surface area contributed by atoms with Gasteiger partial charge in [-0.3, -0.25) is 4.79 Å². The van der Waals surface area contributed by atoms with E-state index in [0.717, 1.165) is 0 Å². The van der Waals surface area contributed by atoms with Gasteiger partial charge in [0.15, 0.2) is 5.78 Å². The Bertz CT molecular complexity index is 977. The summed E-state index contributed by atoms with van der Waals surface area (Å²) in [7, 11) is 0. The molecule has 3 rings (SSSR count). The Hall–Kier alpha value is -3.18. The number of hydrogen-bond acceptors (Lipinski definition) is 4. The number of halogens is 2. The molecule has 0 unspecified atom stereocenters. The SMILES string of the molecule is O=C(Oc1ccc(Cl)cc1C(=O)/C=C/c1ccccc1F)c1ccco1. The number of rotatable bonds is 5. The lowest BCUT2D eigenvalue weighted by Crippen LogP contribution is -2.10. The average Bonchev–Trinajstić information content (AvgIpc) is 3.17. The van der Waals surface area contributed by atoms with E-state index in [1.165, 1.54) is 54.8 Å². The van der Waals surface area contributed by atoms with Crippen LogP contribution in [0.25, 0.3) is 6.08 Å². The Labute approximate surface area is 153 Å². The largest absolute Gasteiger partial charge is 0.457 e. The lowest BCUT2D eigenvalue weighted by Gasteiger charge is -2.07. The van der Waals surface area contributed by atoms with E-state index >= 15 is 0 Å². The van der Waals surface area contributed by atoms with Gasteiger partial charge in [0.1, 0.15) is 11.6 Å². The molecule has 4 nitrogen and oxygen atoms in total. The quantitative estimate of drug-likeness (QED) is 0.268. The van der Waals surface area contributed by atoms with E-state index in [4.69, 9.17) is 20.8 Å². The number of benzene rings is 2. The molecule has 0 spiro atoms. The van der Waals surface area contributed by atoms with Gasteiger partial charge in [0.25, 0.3) is 0 Å². The highest BCUT2D eigenvalue weighted by Gasteiger charge is 2.17. The van der Waals surface area contributed by atoms with Gasteiger partial charge in [-0.15, -0.1) is 0 Å². The molecule has 0 N–H and O–H groups in total. The molecule has 0 radical (unpaired) electrons. The second kappa shape index (κ2) is 7.80. The average molecular weight is 371 g/mol. The van der Waals surface area contributed by atoms with E-state index in [1.54, 1.807) is 18.2 Å². The predicted molar refractivity (Wildman–Crippen MR) is 94.9 cm³/mol. The van der Waals surface area contributed by atoms with Crippen molar-refractivity contribution in [3.63, 3.8) is 0 Å². The Kier molecular flexibility index (Phi) is 5.29. The first-order valence-electron chi connectivity index (χ1n) is 7.57. The summed E-state index contributed by atoms with van der Waals surface area (Å²) in [5.41, 5.74) is 0.335. The summed E-state index contributed by atoms with van der Waals surface area (Å²) in [6, 6.07) is 13.3. The summed E-state index contributed by atoms with van der Waals surface area (Å²) in [6.07, 6.45) is 3.87.